The molecule has 0 atom stereocenters. The monoisotopic (exact) mass is 301 g/mol. The lowest BCUT2D eigenvalue weighted by Gasteiger charge is -2.23. The summed E-state index contributed by atoms with van der Waals surface area (Å²) in [5, 5.41) is 0. The summed E-state index contributed by atoms with van der Waals surface area (Å²) in [5.41, 5.74) is 0.706. The molecule has 1 aromatic carbocycles. The SMILES string of the molecule is C=C(C(=O)OC)N(Cc1ccccc1)C(=O)C(Cl)Cl. The highest BCUT2D eigenvalue weighted by molar-refractivity contribution is 6.53. The van der Waals surface area contributed by atoms with Crippen molar-refractivity contribution in [2.45, 2.75) is 11.4 Å². The number of halogens is 2. The van der Waals surface area contributed by atoms with E-state index >= 15 is 0 Å². The number of rotatable bonds is 5. The van der Waals surface area contributed by atoms with Crippen molar-refractivity contribution in [2.75, 3.05) is 7.11 Å². The molecule has 1 rings (SSSR count). The average Bonchev–Trinajstić information content (AvgIpc) is 2.43. The number of esters is 1. The molecule has 6 heteroatoms. The molecule has 0 fully saturated rings. The van der Waals surface area contributed by atoms with Crippen LogP contribution in [0.3, 0.4) is 0 Å². The highest BCUT2D eigenvalue weighted by atomic mass is 35.5. The smallest absolute Gasteiger partial charge is 0.354 e. The Kier molecular flexibility index (Phi) is 5.86. The van der Waals surface area contributed by atoms with Gasteiger partial charge in [0, 0.05) is 0 Å². The van der Waals surface area contributed by atoms with Gasteiger partial charge in [-0.05, 0) is 5.56 Å². The van der Waals surface area contributed by atoms with E-state index in [1.54, 1.807) is 0 Å². The van der Waals surface area contributed by atoms with E-state index in [9.17, 15) is 9.59 Å². The summed E-state index contributed by atoms with van der Waals surface area (Å²) in [6.45, 7) is 3.68. The van der Waals surface area contributed by atoms with Gasteiger partial charge in [0.15, 0.2) is 4.84 Å². The van der Waals surface area contributed by atoms with Crippen molar-refractivity contribution in [3.05, 3.63) is 48.2 Å². The number of methoxy groups -OCH3 is 1. The fourth-order valence-corrected chi connectivity index (χ4v) is 1.65. The van der Waals surface area contributed by atoms with Crippen LogP contribution in [0.2, 0.25) is 0 Å². The summed E-state index contributed by atoms with van der Waals surface area (Å²) in [7, 11) is 1.21. The Morgan fingerprint density at radius 1 is 1.32 bits per heavy atom. The maximum absolute atomic E-state index is 11.9. The number of hydrogen-bond acceptors (Lipinski definition) is 3. The van der Waals surface area contributed by atoms with Crippen LogP contribution >= 0.6 is 23.2 Å². The number of amides is 1. The topological polar surface area (TPSA) is 46.6 Å². The van der Waals surface area contributed by atoms with Crippen LogP contribution in [0.1, 0.15) is 5.56 Å². The molecule has 0 saturated heterocycles. The van der Waals surface area contributed by atoms with Crippen LogP contribution in [0, 0.1) is 0 Å². The van der Waals surface area contributed by atoms with Crippen LogP contribution in [-0.2, 0) is 20.9 Å². The van der Waals surface area contributed by atoms with Crippen LogP contribution in [0.25, 0.3) is 0 Å². The van der Waals surface area contributed by atoms with Gasteiger partial charge in [-0.3, -0.25) is 9.69 Å². The first-order chi connectivity index (χ1) is 8.97. The van der Waals surface area contributed by atoms with Crippen molar-refractivity contribution in [3.63, 3.8) is 0 Å². The van der Waals surface area contributed by atoms with Crippen molar-refractivity contribution < 1.29 is 14.3 Å². The Morgan fingerprint density at radius 2 is 1.89 bits per heavy atom. The van der Waals surface area contributed by atoms with Gasteiger partial charge in [-0.25, -0.2) is 4.79 Å². The molecule has 4 nitrogen and oxygen atoms in total. The van der Waals surface area contributed by atoms with Gasteiger partial charge in [0.05, 0.1) is 13.7 Å². The second-order valence-corrected chi connectivity index (χ2v) is 4.75. The molecule has 0 spiro atoms. The van der Waals surface area contributed by atoms with Gasteiger partial charge < -0.3 is 4.74 Å². The number of alkyl halides is 2. The molecule has 0 N–H and O–H groups in total. The first kappa shape index (κ1) is 15.5. The lowest BCUT2D eigenvalue weighted by atomic mass is 10.2. The summed E-state index contributed by atoms with van der Waals surface area (Å²) in [6, 6.07) is 9.09. The third-order valence-corrected chi connectivity index (χ3v) is 2.76. The number of hydrogen-bond donors (Lipinski definition) is 0. The molecule has 0 heterocycles. The van der Waals surface area contributed by atoms with Crippen LogP contribution < -0.4 is 0 Å². The van der Waals surface area contributed by atoms with E-state index in [2.05, 4.69) is 11.3 Å². The van der Waals surface area contributed by atoms with E-state index in [1.165, 1.54) is 7.11 Å². The van der Waals surface area contributed by atoms with Gasteiger partial charge in [0.2, 0.25) is 0 Å². The molecule has 19 heavy (non-hydrogen) atoms. The van der Waals surface area contributed by atoms with Crippen LogP contribution in [0.15, 0.2) is 42.6 Å². The molecule has 0 aliphatic rings. The summed E-state index contributed by atoms with van der Waals surface area (Å²) in [6.07, 6.45) is 0. The van der Waals surface area contributed by atoms with E-state index in [0.717, 1.165) is 10.5 Å². The molecule has 0 saturated carbocycles. The standard InChI is InChI=1S/C13H13Cl2NO3/c1-9(13(18)19-2)16(12(17)11(14)15)8-10-6-4-3-5-7-10/h3-7,11H,1,8H2,2H3. The van der Waals surface area contributed by atoms with Gasteiger partial charge in [-0.2, -0.15) is 0 Å². The van der Waals surface area contributed by atoms with Crippen LogP contribution in [0.4, 0.5) is 0 Å². The third kappa shape index (κ3) is 4.26. The largest absolute Gasteiger partial charge is 0.464 e. The van der Waals surface area contributed by atoms with E-state index in [-0.39, 0.29) is 12.2 Å². The Bertz CT molecular complexity index is 474. The lowest BCUT2D eigenvalue weighted by Crippen LogP contribution is -2.36. The second-order valence-electron chi connectivity index (χ2n) is 3.65. The molecule has 1 aromatic rings. The average molecular weight is 302 g/mol. The number of ether oxygens (including phenoxy) is 1. The van der Waals surface area contributed by atoms with Crippen molar-refractivity contribution in [2.24, 2.45) is 0 Å². The fraction of sp³-hybridized carbons (Fsp3) is 0.231. The maximum Gasteiger partial charge on any atom is 0.354 e. The van der Waals surface area contributed by atoms with E-state index in [4.69, 9.17) is 23.2 Å². The highest BCUT2D eigenvalue weighted by Crippen LogP contribution is 2.16. The molecule has 0 aliphatic carbocycles. The molecular weight excluding hydrogens is 289 g/mol. The molecule has 0 bridgehead atoms. The van der Waals surface area contributed by atoms with Gasteiger partial charge in [-0.15, -0.1) is 0 Å². The molecule has 1 amide bonds. The fourth-order valence-electron chi connectivity index (χ4n) is 1.42. The minimum absolute atomic E-state index is 0.109. The molecule has 0 aliphatic heterocycles. The molecule has 0 aromatic heterocycles. The van der Waals surface area contributed by atoms with Crippen molar-refractivity contribution >= 4 is 35.1 Å². The number of carbonyl (C=O) groups is 2. The number of carbonyl (C=O) groups excluding carboxylic acids is 2. The van der Waals surface area contributed by atoms with Gasteiger partial charge in [0.1, 0.15) is 5.70 Å². The molecule has 0 radical (unpaired) electrons. The normalized spacial score (nSPS) is 10.1. The summed E-state index contributed by atoms with van der Waals surface area (Å²) < 4.78 is 4.54. The zero-order valence-corrected chi connectivity index (χ0v) is 11.8. The van der Waals surface area contributed by atoms with Crippen LogP contribution in [-0.4, -0.2) is 28.7 Å². The Labute approximate surface area is 121 Å². The van der Waals surface area contributed by atoms with Crippen molar-refractivity contribution in [1.29, 1.82) is 0 Å². The second kappa shape index (κ2) is 7.16. The molecule has 102 valence electrons. The van der Waals surface area contributed by atoms with Crippen LogP contribution in [0.5, 0.6) is 0 Å². The number of benzene rings is 1. The minimum atomic E-state index is -1.27. The number of nitrogens with zero attached hydrogens (tertiary/aromatic N) is 1. The quantitative estimate of drug-likeness (QED) is 0.477. The van der Waals surface area contributed by atoms with Crippen molar-refractivity contribution in [3.8, 4) is 0 Å². The summed E-state index contributed by atoms with van der Waals surface area (Å²) in [5.74, 6) is -1.33. The van der Waals surface area contributed by atoms with E-state index < -0.39 is 16.7 Å². The third-order valence-electron chi connectivity index (χ3n) is 2.38. The van der Waals surface area contributed by atoms with Gasteiger partial charge in [-0.1, -0.05) is 60.1 Å². The zero-order valence-electron chi connectivity index (χ0n) is 10.3. The van der Waals surface area contributed by atoms with Gasteiger partial charge in [0.25, 0.3) is 5.91 Å². The van der Waals surface area contributed by atoms with E-state index in [1.807, 2.05) is 30.3 Å². The van der Waals surface area contributed by atoms with Gasteiger partial charge >= 0.3 is 5.97 Å². The highest BCUT2D eigenvalue weighted by Gasteiger charge is 2.26. The first-order valence-electron chi connectivity index (χ1n) is 5.38. The summed E-state index contributed by atoms with van der Waals surface area (Å²) in [4.78, 5) is 23.2. The lowest BCUT2D eigenvalue weighted by molar-refractivity contribution is -0.141. The Morgan fingerprint density at radius 3 is 2.37 bits per heavy atom. The Balaban J connectivity index is 2.96. The summed E-state index contributed by atoms with van der Waals surface area (Å²) >= 11 is 11.1. The molecular formula is C13H13Cl2NO3. The van der Waals surface area contributed by atoms with E-state index in [0.29, 0.717) is 0 Å². The minimum Gasteiger partial charge on any atom is -0.464 e. The zero-order chi connectivity index (χ0) is 14.4. The maximum atomic E-state index is 11.9. The molecule has 0 unspecified atom stereocenters. The first-order valence-corrected chi connectivity index (χ1v) is 6.25. The predicted molar refractivity (Wildman–Crippen MR) is 73.6 cm³/mol. The van der Waals surface area contributed by atoms with Crippen molar-refractivity contribution in [1.82, 2.24) is 4.90 Å². The Hall–Kier alpha value is -1.52. The predicted octanol–water partition coefficient (Wildman–Crippen LogP) is 2.51.